The van der Waals surface area contributed by atoms with Crippen molar-refractivity contribution >= 4 is 22.5 Å². The van der Waals surface area contributed by atoms with Gasteiger partial charge in [-0.15, -0.1) is 0 Å². The minimum atomic E-state index is 0.0660. The zero-order chi connectivity index (χ0) is 18.5. The molecule has 136 valence electrons. The lowest BCUT2D eigenvalue weighted by Crippen LogP contribution is -2.27. The van der Waals surface area contributed by atoms with E-state index < -0.39 is 0 Å². The number of anilines is 1. The Labute approximate surface area is 154 Å². The molecule has 0 aliphatic rings. The maximum absolute atomic E-state index is 12.4. The number of pyridine rings is 1. The van der Waals surface area contributed by atoms with Crippen molar-refractivity contribution in [2.75, 3.05) is 18.4 Å². The Balaban J connectivity index is 1.53. The first-order valence-electron chi connectivity index (χ1n) is 9.04. The van der Waals surface area contributed by atoms with E-state index in [9.17, 15) is 4.79 Å². The monoisotopic (exact) mass is 350 g/mol. The van der Waals surface area contributed by atoms with Gasteiger partial charge in [-0.25, -0.2) is 0 Å². The van der Waals surface area contributed by atoms with Crippen molar-refractivity contribution in [3.05, 3.63) is 59.0 Å². The van der Waals surface area contributed by atoms with Crippen LogP contribution in [0.5, 0.6) is 0 Å². The smallest absolute Gasteiger partial charge is 0.224 e. The molecule has 0 saturated heterocycles. The number of hydrogen-bond acceptors (Lipinski definition) is 3. The second-order valence-electron chi connectivity index (χ2n) is 6.73. The fourth-order valence-electron chi connectivity index (χ4n) is 3.27. The van der Waals surface area contributed by atoms with E-state index in [1.165, 1.54) is 16.5 Å². The van der Waals surface area contributed by atoms with Crippen LogP contribution in [0.1, 0.15) is 28.8 Å². The molecule has 3 rings (SSSR count). The quantitative estimate of drug-likeness (QED) is 0.570. The number of hydrogen-bond donors (Lipinski definition) is 3. The zero-order valence-electron chi connectivity index (χ0n) is 15.6. The molecule has 0 aliphatic carbocycles. The van der Waals surface area contributed by atoms with Gasteiger partial charge in [0, 0.05) is 42.1 Å². The molecule has 2 heterocycles. The highest BCUT2D eigenvalue weighted by molar-refractivity contribution is 5.93. The van der Waals surface area contributed by atoms with E-state index in [1.807, 2.05) is 19.1 Å². The van der Waals surface area contributed by atoms with Crippen molar-refractivity contribution in [1.29, 1.82) is 0 Å². The molecule has 0 fully saturated rings. The van der Waals surface area contributed by atoms with E-state index in [0.717, 1.165) is 35.4 Å². The molecule has 0 spiro atoms. The van der Waals surface area contributed by atoms with Gasteiger partial charge in [0.1, 0.15) is 0 Å². The highest BCUT2D eigenvalue weighted by Crippen LogP contribution is 2.28. The van der Waals surface area contributed by atoms with E-state index in [2.05, 4.69) is 46.6 Å². The SMILES string of the molecule is Cc1[nH]c2c(C)ccc(C)c2c1CC(=O)NCCCNc1cccnc1. The van der Waals surface area contributed by atoms with Crippen LogP contribution in [-0.4, -0.2) is 29.0 Å². The summed E-state index contributed by atoms with van der Waals surface area (Å²) in [7, 11) is 0. The number of carbonyl (C=O) groups is 1. The number of aromatic amines is 1. The van der Waals surface area contributed by atoms with E-state index in [1.54, 1.807) is 12.4 Å². The molecule has 0 aliphatic heterocycles. The van der Waals surface area contributed by atoms with Crippen molar-refractivity contribution in [1.82, 2.24) is 15.3 Å². The standard InChI is InChI=1S/C21H26N4O/c1-14-7-8-15(2)21-20(14)18(16(3)25-21)12-19(26)24-11-5-10-23-17-6-4-9-22-13-17/h4,6-9,13,23,25H,5,10-12H2,1-3H3,(H,24,26). The molecule has 2 aromatic heterocycles. The summed E-state index contributed by atoms with van der Waals surface area (Å²) in [5.41, 5.74) is 6.74. The Hall–Kier alpha value is -2.82. The van der Waals surface area contributed by atoms with Crippen molar-refractivity contribution in [2.24, 2.45) is 0 Å². The van der Waals surface area contributed by atoms with E-state index >= 15 is 0 Å². The van der Waals surface area contributed by atoms with E-state index in [4.69, 9.17) is 0 Å². The normalized spacial score (nSPS) is 10.9. The average molecular weight is 350 g/mol. The molecule has 0 radical (unpaired) electrons. The molecule has 5 nitrogen and oxygen atoms in total. The van der Waals surface area contributed by atoms with Crippen LogP contribution in [0, 0.1) is 20.8 Å². The lowest BCUT2D eigenvalue weighted by atomic mass is 10.0. The fraction of sp³-hybridized carbons (Fsp3) is 0.333. The molecule has 0 unspecified atom stereocenters. The van der Waals surface area contributed by atoms with Gasteiger partial charge in [-0.1, -0.05) is 12.1 Å². The van der Waals surface area contributed by atoms with Gasteiger partial charge in [0.25, 0.3) is 0 Å². The van der Waals surface area contributed by atoms with Gasteiger partial charge in [-0.2, -0.15) is 0 Å². The van der Waals surface area contributed by atoms with Gasteiger partial charge in [-0.3, -0.25) is 9.78 Å². The number of carbonyl (C=O) groups excluding carboxylic acids is 1. The molecule has 0 saturated carbocycles. The molecule has 1 amide bonds. The van der Waals surface area contributed by atoms with E-state index in [0.29, 0.717) is 13.0 Å². The third-order valence-corrected chi connectivity index (χ3v) is 4.69. The largest absolute Gasteiger partial charge is 0.384 e. The fourth-order valence-corrected chi connectivity index (χ4v) is 3.27. The number of rotatable bonds is 7. The van der Waals surface area contributed by atoms with Crippen molar-refractivity contribution in [2.45, 2.75) is 33.6 Å². The van der Waals surface area contributed by atoms with Gasteiger partial charge in [0.2, 0.25) is 5.91 Å². The molecular weight excluding hydrogens is 324 g/mol. The number of fused-ring (bicyclic) bond motifs is 1. The lowest BCUT2D eigenvalue weighted by molar-refractivity contribution is -0.120. The van der Waals surface area contributed by atoms with Gasteiger partial charge in [-0.05, 0) is 56.0 Å². The maximum atomic E-state index is 12.4. The summed E-state index contributed by atoms with van der Waals surface area (Å²) >= 11 is 0. The lowest BCUT2D eigenvalue weighted by Gasteiger charge is -2.08. The Morgan fingerprint density at radius 1 is 1.12 bits per heavy atom. The molecule has 3 aromatic rings. The molecular formula is C21H26N4O. The minimum absolute atomic E-state index is 0.0660. The number of aromatic nitrogens is 2. The first-order chi connectivity index (χ1) is 12.6. The summed E-state index contributed by atoms with van der Waals surface area (Å²) < 4.78 is 0. The first kappa shape index (κ1) is 18.0. The molecule has 3 N–H and O–H groups in total. The highest BCUT2D eigenvalue weighted by atomic mass is 16.1. The van der Waals surface area contributed by atoms with Gasteiger partial charge in [0.15, 0.2) is 0 Å². The Kier molecular flexibility index (Phi) is 5.56. The van der Waals surface area contributed by atoms with Crippen LogP contribution in [0.15, 0.2) is 36.7 Å². The van der Waals surface area contributed by atoms with E-state index in [-0.39, 0.29) is 5.91 Å². The number of nitrogens with zero attached hydrogens (tertiary/aromatic N) is 1. The summed E-state index contributed by atoms with van der Waals surface area (Å²) in [6.45, 7) is 7.69. The molecule has 0 atom stereocenters. The van der Waals surface area contributed by atoms with Gasteiger partial charge in [0.05, 0.1) is 12.1 Å². The van der Waals surface area contributed by atoms with Crippen LogP contribution in [0.25, 0.3) is 10.9 Å². The minimum Gasteiger partial charge on any atom is -0.384 e. The number of benzene rings is 1. The Bertz CT molecular complexity index is 899. The first-order valence-corrected chi connectivity index (χ1v) is 9.04. The second-order valence-corrected chi connectivity index (χ2v) is 6.73. The Morgan fingerprint density at radius 2 is 1.92 bits per heavy atom. The maximum Gasteiger partial charge on any atom is 0.224 e. The van der Waals surface area contributed by atoms with Crippen LogP contribution in [0.3, 0.4) is 0 Å². The summed E-state index contributed by atoms with van der Waals surface area (Å²) in [5, 5.41) is 7.51. The third-order valence-electron chi connectivity index (χ3n) is 4.69. The zero-order valence-corrected chi connectivity index (χ0v) is 15.6. The van der Waals surface area contributed by atoms with Crippen LogP contribution >= 0.6 is 0 Å². The molecule has 26 heavy (non-hydrogen) atoms. The van der Waals surface area contributed by atoms with Crippen LogP contribution in [0.2, 0.25) is 0 Å². The van der Waals surface area contributed by atoms with Crippen LogP contribution < -0.4 is 10.6 Å². The molecule has 5 heteroatoms. The van der Waals surface area contributed by atoms with Crippen molar-refractivity contribution in [3.8, 4) is 0 Å². The number of aryl methyl sites for hydroxylation is 3. The summed E-state index contributed by atoms with van der Waals surface area (Å²) in [5.74, 6) is 0.0660. The Morgan fingerprint density at radius 3 is 2.69 bits per heavy atom. The summed E-state index contributed by atoms with van der Waals surface area (Å²) in [6.07, 6.45) is 4.82. The molecule has 0 bridgehead atoms. The number of nitrogens with one attached hydrogen (secondary N) is 3. The van der Waals surface area contributed by atoms with Crippen LogP contribution in [-0.2, 0) is 11.2 Å². The molecule has 1 aromatic carbocycles. The average Bonchev–Trinajstić information content (AvgIpc) is 2.96. The summed E-state index contributed by atoms with van der Waals surface area (Å²) in [6, 6.07) is 8.12. The predicted molar refractivity (Wildman–Crippen MR) is 107 cm³/mol. The summed E-state index contributed by atoms with van der Waals surface area (Å²) in [4.78, 5) is 19.9. The topological polar surface area (TPSA) is 69.8 Å². The predicted octanol–water partition coefficient (Wildman–Crippen LogP) is 3.65. The third kappa shape index (κ3) is 4.04. The highest BCUT2D eigenvalue weighted by Gasteiger charge is 2.15. The van der Waals surface area contributed by atoms with Crippen molar-refractivity contribution < 1.29 is 4.79 Å². The van der Waals surface area contributed by atoms with Gasteiger partial charge >= 0.3 is 0 Å². The van der Waals surface area contributed by atoms with Gasteiger partial charge < -0.3 is 15.6 Å². The van der Waals surface area contributed by atoms with Crippen LogP contribution in [0.4, 0.5) is 5.69 Å². The second kappa shape index (κ2) is 8.04. The number of amides is 1. The number of H-pyrrole nitrogens is 1. The van der Waals surface area contributed by atoms with Crippen molar-refractivity contribution in [3.63, 3.8) is 0 Å².